The van der Waals surface area contributed by atoms with Crippen LogP contribution in [0.1, 0.15) is 16.5 Å². The van der Waals surface area contributed by atoms with Crippen molar-refractivity contribution < 1.29 is 0 Å². The van der Waals surface area contributed by atoms with Crippen LogP contribution in [0.4, 0.5) is 0 Å². The van der Waals surface area contributed by atoms with E-state index in [1.807, 2.05) is 10.7 Å². The van der Waals surface area contributed by atoms with Crippen LogP contribution in [0, 0.1) is 0 Å². The molecule has 0 bridgehead atoms. The molecule has 3 rings (SSSR count). The monoisotopic (exact) mass is 284 g/mol. The molecule has 0 amide bonds. The molecule has 0 saturated heterocycles. The highest BCUT2D eigenvalue weighted by Gasteiger charge is 2.12. The van der Waals surface area contributed by atoms with Crippen molar-refractivity contribution in [3.8, 4) is 0 Å². The largest absolute Gasteiger partial charge is 0.303 e. The predicted molar refractivity (Wildman–Crippen MR) is 80.4 cm³/mol. The Kier molecular flexibility index (Phi) is 4.20. The Balaban J connectivity index is 1.73. The van der Waals surface area contributed by atoms with Gasteiger partial charge in [-0.15, -0.1) is 11.3 Å². The summed E-state index contributed by atoms with van der Waals surface area (Å²) in [5, 5.41) is 9.90. The van der Waals surface area contributed by atoms with Gasteiger partial charge in [-0.05, 0) is 17.0 Å². The van der Waals surface area contributed by atoms with E-state index in [9.17, 15) is 0 Å². The zero-order valence-corrected chi connectivity index (χ0v) is 11.8. The minimum Gasteiger partial charge on any atom is -0.303 e. The second-order valence-electron chi connectivity index (χ2n) is 4.54. The highest BCUT2D eigenvalue weighted by Crippen LogP contribution is 2.16. The maximum absolute atomic E-state index is 4.19. The SMILES string of the molecule is c1ccc([C@H](Cn2cncn2)NCc2cccs2)cc1. The Labute approximate surface area is 122 Å². The molecule has 0 saturated carbocycles. The topological polar surface area (TPSA) is 42.7 Å². The molecule has 0 spiro atoms. The molecule has 2 aromatic heterocycles. The Morgan fingerprint density at radius 3 is 2.75 bits per heavy atom. The van der Waals surface area contributed by atoms with Crippen LogP contribution >= 0.6 is 11.3 Å². The van der Waals surface area contributed by atoms with E-state index in [2.05, 4.69) is 57.2 Å². The van der Waals surface area contributed by atoms with Gasteiger partial charge in [0.25, 0.3) is 0 Å². The van der Waals surface area contributed by atoms with Crippen molar-refractivity contribution in [3.63, 3.8) is 0 Å². The zero-order chi connectivity index (χ0) is 13.6. The van der Waals surface area contributed by atoms with E-state index in [1.165, 1.54) is 10.4 Å². The van der Waals surface area contributed by atoms with E-state index in [1.54, 1.807) is 24.0 Å². The van der Waals surface area contributed by atoms with Crippen LogP contribution in [0.2, 0.25) is 0 Å². The Hall–Kier alpha value is -1.98. The maximum Gasteiger partial charge on any atom is 0.137 e. The van der Waals surface area contributed by atoms with Crippen molar-refractivity contribution in [2.45, 2.75) is 19.1 Å². The number of benzene rings is 1. The second kappa shape index (κ2) is 6.45. The van der Waals surface area contributed by atoms with Gasteiger partial charge in [-0.1, -0.05) is 36.4 Å². The Morgan fingerprint density at radius 2 is 2.05 bits per heavy atom. The summed E-state index contributed by atoms with van der Waals surface area (Å²) in [6, 6.07) is 14.9. The number of hydrogen-bond donors (Lipinski definition) is 1. The van der Waals surface area contributed by atoms with E-state index in [4.69, 9.17) is 0 Å². The fourth-order valence-electron chi connectivity index (χ4n) is 2.12. The molecular formula is C15H16N4S. The maximum atomic E-state index is 4.19. The first kappa shape index (κ1) is 13.0. The van der Waals surface area contributed by atoms with E-state index in [0.29, 0.717) is 0 Å². The summed E-state index contributed by atoms with van der Waals surface area (Å²) in [6.45, 7) is 1.64. The van der Waals surface area contributed by atoms with Crippen LogP contribution in [0.15, 0.2) is 60.5 Å². The summed E-state index contributed by atoms with van der Waals surface area (Å²) < 4.78 is 1.86. The quantitative estimate of drug-likeness (QED) is 0.757. The first-order chi connectivity index (χ1) is 9.92. The molecule has 0 radical (unpaired) electrons. The first-order valence-corrected chi connectivity index (χ1v) is 7.43. The van der Waals surface area contributed by atoms with Crippen LogP contribution in [-0.4, -0.2) is 14.8 Å². The molecule has 20 heavy (non-hydrogen) atoms. The van der Waals surface area contributed by atoms with E-state index in [0.717, 1.165) is 13.1 Å². The minimum absolute atomic E-state index is 0.222. The van der Waals surface area contributed by atoms with Crippen LogP contribution < -0.4 is 5.32 Å². The third kappa shape index (κ3) is 3.31. The third-order valence-corrected chi connectivity index (χ3v) is 4.02. The first-order valence-electron chi connectivity index (χ1n) is 6.55. The average Bonchev–Trinajstić information content (AvgIpc) is 3.18. The van der Waals surface area contributed by atoms with Gasteiger partial charge in [-0.3, -0.25) is 4.68 Å². The zero-order valence-electron chi connectivity index (χ0n) is 11.0. The highest BCUT2D eigenvalue weighted by atomic mass is 32.1. The lowest BCUT2D eigenvalue weighted by Gasteiger charge is -2.18. The van der Waals surface area contributed by atoms with Crippen molar-refractivity contribution in [1.82, 2.24) is 20.1 Å². The van der Waals surface area contributed by atoms with E-state index < -0.39 is 0 Å². The molecular weight excluding hydrogens is 268 g/mol. The van der Waals surface area contributed by atoms with Gasteiger partial charge >= 0.3 is 0 Å². The highest BCUT2D eigenvalue weighted by molar-refractivity contribution is 7.09. The van der Waals surface area contributed by atoms with Gasteiger partial charge in [0.15, 0.2) is 0 Å². The molecule has 2 heterocycles. The molecule has 1 N–H and O–H groups in total. The smallest absolute Gasteiger partial charge is 0.137 e. The summed E-state index contributed by atoms with van der Waals surface area (Å²) in [6.07, 6.45) is 3.32. The predicted octanol–water partition coefficient (Wildman–Crippen LogP) is 2.87. The van der Waals surface area contributed by atoms with Crippen molar-refractivity contribution >= 4 is 11.3 Å². The third-order valence-electron chi connectivity index (χ3n) is 3.14. The van der Waals surface area contributed by atoms with Gasteiger partial charge in [0.05, 0.1) is 12.6 Å². The molecule has 1 aromatic carbocycles. The lowest BCUT2D eigenvalue weighted by atomic mass is 10.1. The fraction of sp³-hybridized carbons (Fsp3) is 0.200. The van der Waals surface area contributed by atoms with Crippen LogP contribution in [0.5, 0.6) is 0 Å². The molecule has 1 atom stereocenters. The van der Waals surface area contributed by atoms with E-state index in [-0.39, 0.29) is 6.04 Å². The second-order valence-corrected chi connectivity index (χ2v) is 5.57. The van der Waals surface area contributed by atoms with Gasteiger partial charge in [0.2, 0.25) is 0 Å². The van der Waals surface area contributed by atoms with Crippen LogP contribution in [0.3, 0.4) is 0 Å². The van der Waals surface area contributed by atoms with Crippen molar-refractivity contribution in [1.29, 1.82) is 0 Å². The molecule has 5 heteroatoms. The van der Waals surface area contributed by atoms with Gasteiger partial charge in [-0.2, -0.15) is 5.10 Å². The Bertz CT molecular complexity index is 605. The molecule has 0 aliphatic heterocycles. The average molecular weight is 284 g/mol. The minimum atomic E-state index is 0.222. The van der Waals surface area contributed by atoms with Gasteiger partial charge in [-0.25, -0.2) is 4.98 Å². The summed E-state index contributed by atoms with van der Waals surface area (Å²) in [5.41, 5.74) is 1.26. The van der Waals surface area contributed by atoms with Crippen molar-refractivity contribution in [2.24, 2.45) is 0 Å². The number of aromatic nitrogens is 3. The lowest BCUT2D eigenvalue weighted by molar-refractivity contribution is 0.438. The number of nitrogens with zero attached hydrogens (tertiary/aromatic N) is 3. The Morgan fingerprint density at radius 1 is 1.15 bits per heavy atom. The van der Waals surface area contributed by atoms with Crippen molar-refractivity contribution in [3.05, 3.63) is 70.9 Å². The molecule has 0 fully saturated rings. The number of nitrogens with one attached hydrogen (secondary N) is 1. The summed E-state index contributed by atoms with van der Waals surface area (Å²) >= 11 is 1.77. The summed E-state index contributed by atoms with van der Waals surface area (Å²) in [7, 11) is 0. The summed E-state index contributed by atoms with van der Waals surface area (Å²) in [4.78, 5) is 5.34. The van der Waals surface area contributed by atoms with Crippen molar-refractivity contribution in [2.75, 3.05) is 0 Å². The normalized spacial score (nSPS) is 12.4. The summed E-state index contributed by atoms with van der Waals surface area (Å²) in [5.74, 6) is 0. The molecule has 0 aliphatic carbocycles. The number of thiophene rings is 1. The molecule has 0 unspecified atom stereocenters. The number of hydrogen-bond acceptors (Lipinski definition) is 4. The fourth-order valence-corrected chi connectivity index (χ4v) is 2.78. The van der Waals surface area contributed by atoms with Crippen LogP contribution in [0.25, 0.3) is 0 Å². The lowest BCUT2D eigenvalue weighted by Crippen LogP contribution is -2.25. The van der Waals surface area contributed by atoms with Crippen LogP contribution in [-0.2, 0) is 13.1 Å². The molecule has 0 aliphatic rings. The van der Waals surface area contributed by atoms with Gasteiger partial charge in [0, 0.05) is 11.4 Å². The number of rotatable bonds is 6. The molecule has 102 valence electrons. The standard InChI is InChI=1S/C15H16N4S/c1-2-5-13(6-3-1)15(10-19-12-16-11-18-19)17-9-14-7-4-8-20-14/h1-8,11-12,15,17H,9-10H2/t15-/m0/s1. The van der Waals surface area contributed by atoms with E-state index >= 15 is 0 Å². The molecule has 3 aromatic rings. The van der Waals surface area contributed by atoms with Gasteiger partial charge < -0.3 is 5.32 Å². The van der Waals surface area contributed by atoms with Gasteiger partial charge in [0.1, 0.15) is 12.7 Å². The molecule has 4 nitrogen and oxygen atoms in total.